The van der Waals surface area contributed by atoms with Crippen LogP contribution < -0.4 is 14.8 Å². The van der Waals surface area contributed by atoms with Gasteiger partial charge in [-0.05, 0) is 38.0 Å². The SMILES string of the molecule is CC=CC(C(=O)Nc1cnc(-c2cc3c(cc2C)OCCO3)cn1)=C(F)CC. The zero-order valence-electron chi connectivity index (χ0n) is 16.1. The van der Waals surface area contributed by atoms with Crippen molar-refractivity contribution in [1.29, 1.82) is 0 Å². The summed E-state index contributed by atoms with van der Waals surface area (Å²) in [7, 11) is 0. The molecule has 2 aromatic rings. The summed E-state index contributed by atoms with van der Waals surface area (Å²) < 4.78 is 25.1. The van der Waals surface area contributed by atoms with Crippen molar-refractivity contribution in [1.82, 2.24) is 9.97 Å². The van der Waals surface area contributed by atoms with Crippen LogP contribution >= 0.6 is 0 Å². The van der Waals surface area contributed by atoms with Crippen LogP contribution in [0.3, 0.4) is 0 Å². The Hall–Kier alpha value is -3.22. The van der Waals surface area contributed by atoms with Gasteiger partial charge in [-0.1, -0.05) is 19.1 Å². The lowest BCUT2D eigenvalue weighted by Crippen LogP contribution is -2.16. The van der Waals surface area contributed by atoms with Gasteiger partial charge in [0.05, 0.1) is 23.7 Å². The van der Waals surface area contributed by atoms with Gasteiger partial charge in [0.2, 0.25) is 0 Å². The number of carbonyl (C=O) groups is 1. The molecule has 0 fully saturated rings. The lowest BCUT2D eigenvalue weighted by molar-refractivity contribution is -0.112. The molecule has 1 aromatic carbocycles. The van der Waals surface area contributed by atoms with Crippen LogP contribution in [0.1, 0.15) is 25.8 Å². The van der Waals surface area contributed by atoms with E-state index < -0.39 is 11.7 Å². The van der Waals surface area contributed by atoms with Crippen LogP contribution in [0.2, 0.25) is 0 Å². The van der Waals surface area contributed by atoms with Crippen molar-refractivity contribution in [3.05, 3.63) is 53.6 Å². The number of fused-ring (bicyclic) bond motifs is 1. The number of benzene rings is 1. The molecule has 1 N–H and O–H groups in total. The third-order valence-corrected chi connectivity index (χ3v) is 4.24. The molecule has 1 aliphatic heterocycles. The molecule has 1 aromatic heterocycles. The first kappa shape index (κ1) is 19.5. The van der Waals surface area contributed by atoms with E-state index in [1.807, 2.05) is 19.1 Å². The molecule has 0 radical (unpaired) electrons. The third-order valence-electron chi connectivity index (χ3n) is 4.24. The molecule has 0 bridgehead atoms. The second kappa shape index (κ2) is 8.65. The number of aromatic nitrogens is 2. The van der Waals surface area contributed by atoms with Crippen molar-refractivity contribution in [3.63, 3.8) is 0 Å². The number of nitrogens with zero attached hydrogens (tertiary/aromatic N) is 2. The van der Waals surface area contributed by atoms with Gasteiger partial charge in [-0.3, -0.25) is 9.78 Å². The summed E-state index contributed by atoms with van der Waals surface area (Å²) in [5, 5.41) is 2.58. The second-order valence-electron chi connectivity index (χ2n) is 6.22. The Morgan fingerprint density at radius 3 is 2.54 bits per heavy atom. The number of halogens is 1. The van der Waals surface area contributed by atoms with E-state index in [0.717, 1.165) is 11.1 Å². The minimum Gasteiger partial charge on any atom is -0.486 e. The molecule has 2 heterocycles. The van der Waals surface area contributed by atoms with Crippen LogP contribution in [0.4, 0.5) is 10.2 Å². The zero-order valence-corrected chi connectivity index (χ0v) is 16.1. The highest BCUT2D eigenvalue weighted by atomic mass is 19.1. The van der Waals surface area contributed by atoms with Gasteiger partial charge in [0.15, 0.2) is 17.3 Å². The van der Waals surface area contributed by atoms with Crippen LogP contribution in [0.25, 0.3) is 11.3 Å². The number of allylic oxidation sites excluding steroid dienone is 2. The fourth-order valence-corrected chi connectivity index (χ4v) is 2.83. The van der Waals surface area contributed by atoms with Crippen LogP contribution in [-0.4, -0.2) is 29.1 Å². The van der Waals surface area contributed by atoms with E-state index in [0.29, 0.717) is 30.4 Å². The highest BCUT2D eigenvalue weighted by Crippen LogP contribution is 2.36. The number of hydrogen-bond acceptors (Lipinski definition) is 5. The van der Waals surface area contributed by atoms with Crippen molar-refractivity contribution < 1.29 is 18.7 Å². The Morgan fingerprint density at radius 2 is 1.93 bits per heavy atom. The molecule has 6 nitrogen and oxygen atoms in total. The Balaban J connectivity index is 1.82. The highest BCUT2D eigenvalue weighted by molar-refractivity contribution is 6.05. The van der Waals surface area contributed by atoms with E-state index in [4.69, 9.17) is 9.47 Å². The van der Waals surface area contributed by atoms with Crippen LogP contribution in [-0.2, 0) is 4.79 Å². The van der Waals surface area contributed by atoms with Gasteiger partial charge in [-0.2, -0.15) is 0 Å². The van der Waals surface area contributed by atoms with E-state index in [1.54, 1.807) is 26.1 Å². The number of ether oxygens (including phenoxy) is 2. The third kappa shape index (κ3) is 4.19. The molecule has 1 amide bonds. The molecular weight excluding hydrogens is 361 g/mol. The molecule has 0 unspecified atom stereocenters. The molecule has 0 spiro atoms. The summed E-state index contributed by atoms with van der Waals surface area (Å²) in [6.45, 7) is 6.36. The van der Waals surface area contributed by atoms with E-state index in [-0.39, 0.29) is 17.8 Å². The summed E-state index contributed by atoms with van der Waals surface area (Å²) in [5.41, 5.74) is 2.45. The van der Waals surface area contributed by atoms with Gasteiger partial charge in [-0.15, -0.1) is 0 Å². The zero-order chi connectivity index (χ0) is 20.1. The molecule has 7 heteroatoms. The van der Waals surface area contributed by atoms with Crippen LogP contribution in [0.15, 0.2) is 48.1 Å². The Kier molecular flexibility index (Phi) is 6.03. The largest absolute Gasteiger partial charge is 0.486 e. The number of hydrogen-bond donors (Lipinski definition) is 1. The minimum absolute atomic E-state index is 0.0152. The van der Waals surface area contributed by atoms with Gasteiger partial charge in [0, 0.05) is 5.56 Å². The van der Waals surface area contributed by atoms with Crippen LogP contribution in [0.5, 0.6) is 11.5 Å². The minimum atomic E-state index is -0.560. The topological polar surface area (TPSA) is 73.3 Å². The predicted molar refractivity (Wildman–Crippen MR) is 105 cm³/mol. The lowest BCUT2D eigenvalue weighted by atomic mass is 10.0. The number of amides is 1. The van der Waals surface area contributed by atoms with Gasteiger partial charge in [0.25, 0.3) is 5.91 Å². The first-order valence-electron chi connectivity index (χ1n) is 9.08. The first-order chi connectivity index (χ1) is 13.5. The van der Waals surface area contributed by atoms with Crippen molar-refractivity contribution in [2.75, 3.05) is 18.5 Å². The predicted octanol–water partition coefficient (Wildman–Crippen LogP) is 4.37. The summed E-state index contributed by atoms with van der Waals surface area (Å²) in [4.78, 5) is 20.9. The summed E-state index contributed by atoms with van der Waals surface area (Å²) in [6, 6.07) is 3.78. The quantitative estimate of drug-likeness (QED) is 0.613. The maximum Gasteiger partial charge on any atom is 0.259 e. The second-order valence-corrected chi connectivity index (χ2v) is 6.22. The van der Waals surface area contributed by atoms with E-state index in [1.165, 1.54) is 12.3 Å². The molecule has 0 saturated heterocycles. The number of rotatable bonds is 5. The average molecular weight is 383 g/mol. The molecule has 0 aliphatic carbocycles. The summed E-state index contributed by atoms with van der Waals surface area (Å²) in [6.07, 6.45) is 6.20. The highest BCUT2D eigenvalue weighted by Gasteiger charge is 2.17. The van der Waals surface area contributed by atoms with Crippen molar-refractivity contribution in [2.45, 2.75) is 27.2 Å². The molecule has 146 valence electrons. The van der Waals surface area contributed by atoms with E-state index in [2.05, 4.69) is 15.3 Å². The fraction of sp³-hybridized carbons (Fsp3) is 0.286. The van der Waals surface area contributed by atoms with E-state index >= 15 is 0 Å². The van der Waals surface area contributed by atoms with Crippen LogP contribution in [0, 0.1) is 6.92 Å². The fourth-order valence-electron chi connectivity index (χ4n) is 2.83. The maximum absolute atomic E-state index is 13.9. The summed E-state index contributed by atoms with van der Waals surface area (Å²) in [5.74, 6) is 0.588. The summed E-state index contributed by atoms with van der Waals surface area (Å²) >= 11 is 0. The number of aryl methyl sites for hydroxylation is 1. The van der Waals surface area contributed by atoms with Crippen molar-refractivity contribution >= 4 is 11.7 Å². The molecule has 0 atom stereocenters. The molecule has 28 heavy (non-hydrogen) atoms. The number of nitrogens with one attached hydrogen (secondary N) is 1. The number of carbonyl (C=O) groups excluding carboxylic acids is 1. The molecule has 3 rings (SSSR count). The smallest absolute Gasteiger partial charge is 0.259 e. The number of anilines is 1. The van der Waals surface area contributed by atoms with Gasteiger partial charge >= 0.3 is 0 Å². The average Bonchev–Trinajstić information content (AvgIpc) is 2.71. The molecule has 1 aliphatic rings. The molecule has 0 saturated carbocycles. The molecular formula is C21H22FN3O3. The van der Waals surface area contributed by atoms with Gasteiger partial charge in [0.1, 0.15) is 19.0 Å². The van der Waals surface area contributed by atoms with E-state index in [9.17, 15) is 9.18 Å². The van der Waals surface area contributed by atoms with Gasteiger partial charge in [-0.25, -0.2) is 9.37 Å². The maximum atomic E-state index is 13.9. The monoisotopic (exact) mass is 383 g/mol. The Labute approximate surface area is 163 Å². The standard InChI is InChI=1S/C21H22FN3O3/c1-4-6-14(16(22)5-2)21(26)25-20-12-23-17(11-24-20)15-10-19-18(9-13(15)3)27-7-8-28-19/h4,6,9-12H,5,7-8H2,1-3H3,(H,24,25,26). The first-order valence-corrected chi connectivity index (χ1v) is 9.08. The van der Waals surface area contributed by atoms with Crippen molar-refractivity contribution in [3.8, 4) is 22.8 Å². The lowest BCUT2D eigenvalue weighted by Gasteiger charge is -2.20. The normalized spacial score (nSPS) is 14.0. The van der Waals surface area contributed by atoms with Gasteiger partial charge < -0.3 is 14.8 Å². The van der Waals surface area contributed by atoms with Crippen molar-refractivity contribution in [2.24, 2.45) is 0 Å². The Morgan fingerprint density at radius 1 is 1.21 bits per heavy atom. The Bertz CT molecular complexity index is 937.